The molecule has 0 aromatic heterocycles. The van der Waals surface area contributed by atoms with Gasteiger partial charge < -0.3 is 15.3 Å². The van der Waals surface area contributed by atoms with Crippen molar-refractivity contribution in [3.63, 3.8) is 0 Å². The first-order valence-electron chi connectivity index (χ1n) is 8.50. The van der Waals surface area contributed by atoms with E-state index in [1.54, 1.807) is 18.2 Å². The first-order valence-corrected chi connectivity index (χ1v) is 8.50. The SMILES string of the molecule is CCC(C)c1ccc(NC(=O)C2CC(c3ccccc3O)=NO2)cc1. The lowest BCUT2D eigenvalue weighted by Crippen LogP contribution is -2.28. The predicted molar refractivity (Wildman–Crippen MR) is 97.9 cm³/mol. The fourth-order valence-electron chi connectivity index (χ4n) is 2.75. The van der Waals surface area contributed by atoms with Gasteiger partial charge in [-0.15, -0.1) is 0 Å². The highest BCUT2D eigenvalue weighted by molar-refractivity contribution is 6.07. The van der Waals surface area contributed by atoms with E-state index in [4.69, 9.17) is 4.84 Å². The second-order valence-electron chi connectivity index (χ2n) is 6.27. The molecule has 2 aromatic carbocycles. The lowest BCUT2D eigenvalue weighted by Gasteiger charge is -2.12. The van der Waals surface area contributed by atoms with E-state index in [2.05, 4.69) is 24.3 Å². The van der Waals surface area contributed by atoms with Gasteiger partial charge in [0.25, 0.3) is 5.91 Å². The molecule has 130 valence electrons. The van der Waals surface area contributed by atoms with E-state index >= 15 is 0 Å². The van der Waals surface area contributed by atoms with Gasteiger partial charge in [-0.1, -0.05) is 43.3 Å². The molecule has 0 saturated heterocycles. The number of amides is 1. The van der Waals surface area contributed by atoms with Gasteiger partial charge in [0.1, 0.15) is 5.75 Å². The Balaban J connectivity index is 1.61. The normalized spacial score (nSPS) is 17.5. The van der Waals surface area contributed by atoms with Gasteiger partial charge >= 0.3 is 0 Å². The molecule has 0 saturated carbocycles. The van der Waals surface area contributed by atoms with Crippen LogP contribution in [0.5, 0.6) is 5.75 Å². The third kappa shape index (κ3) is 3.82. The Bertz CT molecular complexity index is 784. The number of anilines is 1. The third-order valence-corrected chi connectivity index (χ3v) is 4.54. The maximum Gasteiger partial charge on any atom is 0.268 e. The summed E-state index contributed by atoms with van der Waals surface area (Å²) in [5, 5.41) is 16.7. The highest BCUT2D eigenvalue weighted by Gasteiger charge is 2.29. The number of hydrogen-bond acceptors (Lipinski definition) is 4. The fraction of sp³-hybridized carbons (Fsp3) is 0.300. The average molecular weight is 338 g/mol. The van der Waals surface area contributed by atoms with E-state index in [0.717, 1.165) is 12.1 Å². The molecular formula is C20H22N2O3. The summed E-state index contributed by atoms with van der Waals surface area (Å²) in [4.78, 5) is 17.6. The quantitative estimate of drug-likeness (QED) is 0.864. The van der Waals surface area contributed by atoms with Crippen molar-refractivity contribution < 1.29 is 14.7 Å². The number of rotatable bonds is 5. The molecule has 1 aliphatic heterocycles. The Labute approximate surface area is 147 Å². The molecule has 1 aliphatic rings. The molecule has 0 aliphatic carbocycles. The number of carbonyl (C=O) groups is 1. The standard InChI is InChI=1S/C20H22N2O3/c1-3-13(2)14-8-10-15(11-9-14)21-20(24)19-12-17(22-25-19)16-6-4-5-7-18(16)23/h4-11,13,19,23H,3,12H2,1-2H3,(H,21,24). The molecule has 25 heavy (non-hydrogen) atoms. The number of benzene rings is 2. The molecule has 5 nitrogen and oxygen atoms in total. The van der Waals surface area contributed by atoms with Crippen LogP contribution in [0.2, 0.25) is 0 Å². The number of oxime groups is 1. The summed E-state index contributed by atoms with van der Waals surface area (Å²) in [7, 11) is 0. The minimum Gasteiger partial charge on any atom is -0.507 e. The van der Waals surface area contributed by atoms with Crippen LogP contribution in [0.4, 0.5) is 5.69 Å². The molecule has 0 spiro atoms. The molecule has 2 unspecified atom stereocenters. The highest BCUT2D eigenvalue weighted by Crippen LogP contribution is 2.25. The maximum atomic E-state index is 12.4. The predicted octanol–water partition coefficient (Wildman–Crippen LogP) is 4.04. The zero-order valence-electron chi connectivity index (χ0n) is 14.4. The Kier molecular flexibility index (Phi) is 5.03. The molecule has 2 atom stereocenters. The van der Waals surface area contributed by atoms with Crippen molar-refractivity contribution in [3.05, 3.63) is 59.7 Å². The van der Waals surface area contributed by atoms with Crippen LogP contribution < -0.4 is 5.32 Å². The molecule has 0 bridgehead atoms. The minimum atomic E-state index is -0.691. The number of aromatic hydroxyl groups is 1. The van der Waals surface area contributed by atoms with Gasteiger partial charge in [-0.3, -0.25) is 4.79 Å². The lowest BCUT2D eigenvalue weighted by atomic mass is 9.98. The van der Waals surface area contributed by atoms with Crippen LogP contribution >= 0.6 is 0 Å². The van der Waals surface area contributed by atoms with Crippen LogP contribution in [-0.2, 0) is 9.63 Å². The van der Waals surface area contributed by atoms with Gasteiger partial charge in [-0.2, -0.15) is 0 Å². The van der Waals surface area contributed by atoms with Crippen LogP contribution in [0.15, 0.2) is 53.7 Å². The Morgan fingerprint density at radius 3 is 2.68 bits per heavy atom. The summed E-state index contributed by atoms with van der Waals surface area (Å²) in [5.74, 6) is 0.384. The van der Waals surface area contributed by atoms with Crippen molar-refractivity contribution in [1.29, 1.82) is 0 Å². The fourth-order valence-corrected chi connectivity index (χ4v) is 2.75. The van der Waals surface area contributed by atoms with Gasteiger partial charge in [-0.05, 0) is 42.2 Å². The molecule has 2 aromatic rings. The summed E-state index contributed by atoms with van der Waals surface area (Å²) in [6.45, 7) is 4.33. The zero-order chi connectivity index (χ0) is 17.8. The van der Waals surface area contributed by atoms with Crippen LogP contribution in [0.1, 0.15) is 43.7 Å². The van der Waals surface area contributed by atoms with Gasteiger partial charge in [-0.25, -0.2) is 0 Å². The van der Waals surface area contributed by atoms with E-state index in [0.29, 0.717) is 23.6 Å². The summed E-state index contributed by atoms with van der Waals surface area (Å²) in [6, 6.07) is 14.8. The first-order chi connectivity index (χ1) is 12.1. The number of nitrogens with one attached hydrogen (secondary N) is 1. The van der Waals surface area contributed by atoms with E-state index < -0.39 is 6.10 Å². The number of carbonyl (C=O) groups excluding carboxylic acids is 1. The first kappa shape index (κ1) is 17.0. The van der Waals surface area contributed by atoms with Crippen LogP contribution in [0, 0.1) is 0 Å². The van der Waals surface area contributed by atoms with Crippen LogP contribution in [0.25, 0.3) is 0 Å². The monoisotopic (exact) mass is 338 g/mol. The molecule has 2 N–H and O–H groups in total. The van der Waals surface area contributed by atoms with Crippen LogP contribution in [-0.4, -0.2) is 22.8 Å². The van der Waals surface area contributed by atoms with Crippen molar-refractivity contribution in [2.24, 2.45) is 5.16 Å². The second-order valence-corrected chi connectivity index (χ2v) is 6.27. The Morgan fingerprint density at radius 1 is 1.28 bits per heavy atom. The van der Waals surface area contributed by atoms with Crippen molar-refractivity contribution in [2.45, 2.75) is 38.7 Å². The zero-order valence-corrected chi connectivity index (χ0v) is 14.4. The van der Waals surface area contributed by atoms with Crippen LogP contribution in [0.3, 0.4) is 0 Å². The topological polar surface area (TPSA) is 70.9 Å². The number of phenolic OH excluding ortho intramolecular Hbond substituents is 1. The van der Waals surface area contributed by atoms with E-state index in [1.165, 1.54) is 5.56 Å². The minimum absolute atomic E-state index is 0.131. The molecule has 0 fully saturated rings. The molecular weight excluding hydrogens is 316 g/mol. The summed E-state index contributed by atoms with van der Waals surface area (Å²) >= 11 is 0. The van der Waals surface area contributed by atoms with Gasteiger partial charge in [0.15, 0.2) is 0 Å². The van der Waals surface area contributed by atoms with Crippen molar-refractivity contribution in [3.8, 4) is 5.75 Å². The second kappa shape index (κ2) is 7.38. The Hall–Kier alpha value is -2.82. The molecule has 0 radical (unpaired) electrons. The summed E-state index contributed by atoms with van der Waals surface area (Å²) in [6.07, 6.45) is 0.714. The summed E-state index contributed by atoms with van der Waals surface area (Å²) in [5.41, 5.74) is 3.15. The smallest absolute Gasteiger partial charge is 0.268 e. The third-order valence-electron chi connectivity index (χ3n) is 4.54. The molecule has 1 heterocycles. The molecule has 1 amide bonds. The molecule has 3 rings (SSSR count). The van der Waals surface area contributed by atoms with Crippen molar-refractivity contribution in [1.82, 2.24) is 0 Å². The Morgan fingerprint density at radius 2 is 2.00 bits per heavy atom. The number of phenols is 1. The van der Waals surface area contributed by atoms with Crippen molar-refractivity contribution in [2.75, 3.05) is 5.32 Å². The van der Waals surface area contributed by atoms with E-state index in [-0.39, 0.29) is 11.7 Å². The number of nitrogens with zero attached hydrogens (tertiary/aromatic N) is 1. The average Bonchev–Trinajstić information content (AvgIpc) is 3.12. The van der Waals surface area contributed by atoms with E-state index in [9.17, 15) is 9.90 Å². The van der Waals surface area contributed by atoms with Crippen molar-refractivity contribution >= 4 is 17.3 Å². The lowest BCUT2D eigenvalue weighted by molar-refractivity contribution is -0.125. The van der Waals surface area contributed by atoms with Gasteiger partial charge in [0.2, 0.25) is 6.10 Å². The van der Waals surface area contributed by atoms with Gasteiger partial charge in [0.05, 0.1) is 5.71 Å². The van der Waals surface area contributed by atoms with E-state index in [1.807, 2.05) is 30.3 Å². The summed E-state index contributed by atoms with van der Waals surface area (Å²) < 4.78 is 0. The van der Waals surface area contributed by atoms with Gasteiger partial charge in [0, 0.05) is 17.7 Å². The largest absolute Gasteiger partial charge is 0.507 e. The maximum absolute atomic E-state index is 12.4. The number of hydrogen-bond donors (Lipinski definition) is 2. The number of para-hydroxylation sites is 1. The molecule has 5 heteroatoms. The highest BCUT2D eigenvalue weighted by atomic mass is 16.6.